The van der Waals surface area contributed by atoms with Crippen molar-refractivity contribution in [3.63, 3.8) is 0 Å². The van der Waals surface area contributed by atoms with E-state index in [0.29, 0.717) is 24.2 Å². The van der Waals surface area contributed by atoms with Crippen molar-refractivity contribution in [1.82, 2.24) is 0 Å². The van der Waals surface area contributed by atoms with Crippen LogP contribution in [0.15, 0.2) is 23.8 Å². The molecule has 180 valence electrons. The van der Waals surface area contributed by atoms with Gasteiger partial charge in [-0.05, 0) is 62.9 Å². The molecular formula is C25H42CaO6. The number of hydrogen-bond donors (Lipinski definition) is 1. The molecular weight excluding hydrogens is 436 g/mol. The Bertz CT molecular complexity index is 726. The number of hydrogen-bond acceptors (Lipinski definition) is 5. The minimum absolute atomic E-state index is 0. The molecule has 32 heavy (non-hydrogen) atoms. The van der Waals surface area contributed by atoms with Crippen LogP contribution in [0.4, 0.5) is 0 Å². The molecule has 2 aliphatic carbocycles. The van der Waals surface area contributed by atoms with Gasteiger partial charge < -0.3 is 22.9 Å². The Morgan fingerprint density at radius 2 is 1.97 bits per heavy atom. The molecule has 0 aromatic carbocycles. The van der Waals surface area contributed by atoms with E-state index in [2.05, 4.69) is 32.1 Å². The summed E-state index contributed by atoms with van der Waals surface area (Å²) in [7, 11) is 0. The van der Waals surface area contributed by atoms with E-state index in [4.69, 9.17) is 9.47 Å². The van der Waals surface area contributed by atoms with Gasteiger partial charge in [0.15, 0.2) is 0 Å². The van der Waals surface area contributed by atoms with Gasteiger partial charge in [0.2, 0.25) is 0 Å². The van der Waals surface area contributed by atoms with Crippen molar-refractivity contribution < 1.29 is 32.5 Å². The third-order valence-electron chi connectivity index (χ3n) is 7.35. The summed E-state index contributed by atoms with van der Waals surface area (Å²) in [5.41, 5.74) is 0.785. The van der Waals surface area contributed by atoms with Gasteiger partial charge in [0.05, 0.1) is 17.9 Å². The first-order valence-corrected chi connectivity index (χ1v) is 11.6. The number of ether oxygens (including phenoxy) is 2. The van der Waals surface area contributed by atoms with Crippen molar-refractivity contribution in [1.29, 1.82) is 0 Å². The van der Waals surface area contributed by atoms with Crippen LogP contribution in [0.25, 0.3) is 0 Å². The first-order valence-electron chi connectivity index (χ1n) is 11.6. The van der Waals surface area contributed by atoms with Gasteiger partial charge in [-0.25, -0.2) is 0 Å². The number of carbonyl (C=O) groups is 2. The van der Waals surface area contributed by atoms with Crippen molar-refractivity contribution in [3.05, 3.63) is 23.8 Å². The van der Waals surface area contributed by atoms with Crippen LogP contribution in [-0.2, 0) is 19.1 Å². The Morgan fingerprint density at radius 1 is 1.28 bits per heavy atom. The number of cyclic esters (lactones) is 1. The third-order valence-corrected chi connectivity index (χ3v) is 7.35. The zero-order chi connectivity index (χ0) is 22.1. The molecule has 0 spiro atoms. The molecule has 3 aliphatic rings. The number of carbonyl (C=O) groups excluding carboxylic acids is 2. The molecule has 0 bridgehead atoms. The third kappa shape index (κ3) is 7.05. The summed E-state index contributed by atoms with van der Waals surface area (Å²) >= 11 is 0. The Kier molecular flexibility index (Phi) is 11.4. The Labute approximate surface area is 225 Å². The van der Waals surface area contributed by atoms with Crippen molar-refractivity contribution >= 4 is 49.7 Å². The fraction of sp³-hybridized carbons (Fsp3) is 0.760. The zero-order valence-corrected chi connectivity index (χ0v) is 22.5. The van der Waals surface area contributed by atoms with Gasteiger partial charge in [-0.1, -0.05) is 39.0 Å². The summed E-state index contributed by atoms with van der Waals surface area (Å²) in [4.78, 5) is 24.6. The van der Waals surface area contributed by atoms with E-state index in [1.54, 1.807) is 0 Å². The average molecular weight is 479 g/mol. The van der Waals surface area contributed by atoms with Gasteiger partial charge in [-0.3, -0.25) is 9.59 Å². The topological polar surface area (TPSA) is 104 Å². The number of allylic oxidation sites excluding steroid dienone is 3. The summed E-state index contributed by atoms with van der Waals surface area (Å²) in [5, 5.41) is 9.92. The monoisotopic (exact) mass is 478 g/mol. The van der Waals surface area contributed by atoms with Gasteiger partial charge in [0.25, 0.3) is 0 Å². The molecule has 0 unspecified atom stereocenters. The van der Waals surface area contributed by atoms with Gasteiger partial charge >= 0.3 is 49.7 Å². The molecule has 3 rings (SSSR count). The Morgan fingerprint density at radius 3 is 2.59 bits per heavy atom. The van der Waals surface area contributed by atoms with E-state index in [9.17, 15) is 14.7 Å². The zero-order valence-electron chi connectivity index (χ0n) is 22.3. The van der Waals surface area contributed by atoms with Crippen LogP contribution in [0.5, 0.6) is 0 Å². The van der Waals surface area contributed by atoms with Crippen LogP contribution in [0.3, 0.4) is 0 Å². The minimum atomic E-state index is -0.601. The summed E-state index contributed by atoms with van der Waals surface area (Å²) < 4.78 is 11.6. The fourth-order valence-electron chi connectivity index (χ4n) is 5.08. The average Bonchev–Trinajstić information content (AvgIpc) is 2.66. The second kappa shape index (κ2) is 12.3. The Hall–Kier alpha value is -0.400. The smallest absolute Gasteiger partial charge is 1.00 e. The summed E-state index contributed by atoms with van der Waals surface area (Å²) in [5.74, 6) is 0.776. The van der Waals surface area contributed by atoms with Crippen molar-refractivity contribution in [3.8, 4) is 0 Å². The van der Waals surface area contributed by atoms with Gasteiger partial charge in [-0.15, -0.1) is 0 Å². The van der Waals surface area contributed by atoms with E-state index >= 15 is 0 Å². The molecule has 1 aliphatic heterocycles. The van der Waals surface area contributed by atoms with E-state index in [-0.39, 0.29) is 82.6 Å². The number of aliphatic hydroxyl groups excluding tert-OH is 1. The summed E-state index contributed by atoms with van der Waals surface area (Å²) in [6.45, 7) is 10.3. The first kappa shape index (κ1) is 29.6. The largest absolute Gasteiger partial charge is 2.00 e. The maximum atomic E-state index is 12.9. The van der Waals surface area contributed by atoms with Crippen LogP contribution in [0.1, 0.15) is 76.0 Å². The van der Waals surface area contributed by atoms with E-state index in [0.717, 1.165) is 25.7 Å². The van der Waals surface area contributed by atoms with Crippen LogP contribution in [0.2, 0.25) is 0 Å². The predicted octanol–water partition coefficient (Wildman–Crippen LogP) is 3.61. The van der Waals surface area contributed by atoms with Crippen molar-refractivity contribution in [2.45, 2.75) is 91.5 Å². The normalized spacial score (nSPS) is 34.2. The van der Waals surface area contributed by atoms with E-state index in [1.165, 1.54) is 5.57 Å². The maximum absolute atomic E-state index is 12.9. The SMILES string of the molecule is CCC(C)(C)C(=O)O[C@H]1C[C@@H](C)C=C2C=C[C@H](C)[C@H](CC[C@@H]3C[C@@H](O)CC(=O)O3)[C@H]21.O.[Ca+2].[H-].[H-]. The molecule has 7 heteroatoms. The number of aliphatic hydroxyl groups is 1. The van der Waals surface area contributed by atoms with E-state index in [1.807, 2.05) is 20.8 Å². The molecule has 1 saturated heterocycles. The van der Waals surface area contributed by atoms with Gasteiger partial charge in [-0.2, -0.15) is 0 Å². The standard InChI is InChI=1S/C25H38O5.Ca.H2O.2H/c1-6-25(4,5)24(28)30-21-12-15(2)11-17-8-7-16(3)20(23(17)21)10-9-19-13-18(26)14-22(27)29-19;;;;/h7-8,11,15-16,18-21,23,26H,6,9-10,12-14H2,1-5H3;;1H2;;/q;+2;;2*-1/t15-,16-,18+,19+,20-,21-,23-;;;;/m0..../s1. The molecule has 0 aromatic heterocycles. The number of rotatable bonds is 6. The van der Waals surface area contributed by atoms with Crippen LogP contribution < -0.4 is 0 Å². The molecule has 1 heterocycles. The van der Waals surface area contributed by atoms with Gasteiger partial charge in [0, 0.05) is 12.3 Å². The fourth-order valence-corrected chi connectivity index (χ4v) is 5.08. The molecule has 7 atom stereocenters. The molecule has 6 nitrogen and oxygen atoms in total. The molecule has 0 aromatic rings. The predicted molar refractivity (Wildman–Crippen MR) is 127 cm³/mol. The summed E-state index contributed by atoms with van der Waals surface area (Å²) in [6.07, 6.45) is 9.61. The van der Waals surface area contributed by atoms with Crippen LogP contribution in [-0.4, -0.2) is 78.6 Å². The van der Waals surface area contributed by atoms with Crippen molar-refractivity contribution in [2.75, 3.05) is 0 Å². The number of esters is 2. The summed E-state index contributed by atoms with van der Waals surface area (Å²) in [6, 6.07) is 0. The first-order chi connectivity index (χ1) is 14.1. The number of fused-ring (bicyclic) bond motifs is 1. The molecule has 0 amide bonds. The minimum Gasteiger partial charge on any atom is -1.00 e. The second-order valence-electron chi connectivity index (χ2n) is 10.3. The molecule has 1 fully saturated rings. The molecule has 0 radical (unpaired) electrons. The molecule has 3 N–H and O–H groups in total. The quantitative estimate of drug-likeness (QED) is 0.464. The van der Waals surface area contributed by atoms with Crippen LogP contribution >= 0.6 is 0 Å². The second-order valence-corrected chi connectivity index (χ2v) is 10.3. The van der Waals surface area contributed by atoms with Crippen molar-refractivity contribution in [2.24, 2.45) is 29.1 Å². The molecule has 0 saturated carbocycles. The van der Waals surface area contributed by atoms with E-state index < -0.39 is 11.5 Å². The van der Waals surface area contributed by atoms with Crippen LogP contribution in [0, 0.1) is 29.1 Å². The maximum Gasteiger partial charge on any atom is 2.00 e. The Balaban J connectivity index is 0. The van der Waals surface area contributed by atoms with Gasteiger partial charge in [0.1, 0.15) is 12.2 Å².